The van der Waals surface area contributed by atoms with Crippen LogP contribution in [0.3, 0.4) is 0 Å². The first kappa shape index (κ1) is 11.3. The van der Waals surface area contributed by atoms with Gasteiger partial charge in [-0.25, -0.2) is 5.48 Å². The molecule has 0 aliphatic carbocycles. The van der Waals surface area contributed by atoms with E-state index in [2.05, 4.69) is 15.3 Å². The Morgan fingerprint density at radius 1 is 1.47 bits per heavy atom. The second kappa shape index (κ2) is 5.87. The Balaban J connectivity index is 2.40. The molecule has 1 N–H and O–H groups in total. The molecular weight excluding hydrogens is 196 g/mol. The predicted octanol–water partition coefficient (Wildman–Crippen LogP) is 0.722. The molecule has 0 radical (unpaired) electrons. The predicted molar refractivity (Wildman–Crippen MR) is 53.0 cm³/mol. The van der Waals surface area contributed by atoms with E-state index in [4.69, 9.17) is 0 Å². The third kappa shape index (κ3) is 3.86. The Bertz CT molecular complexity index is 338. The summed E-state index contributed by atoms with van der Waals surface area (Å²) < 4.78 is 0. The second-order valence-electron chi connectivity index (χ2n) is 2.89. The monoisotopic (exact) mass is 208 g/mol. The second-order valence-corrected chi connectivity index (χ2v) is 2.89. The molecule has 1 rings (SSSR count). The molecule has 0 bridgehead atoms. The number of nitrogens with zero attached hydrogens (tertiary/aromatic N) is 1. The van der Waals surface area contributed by atoms with Gasteiger partial charge in [-0.15, -0.1) is 0 Å². The fourth-order valence-corrected chi connectivity index (χ4v) is 1.06. The van der Waals surface area contributed by atoms with Crippen LogP contribution in [0.4, 0.5) is 0 Å². The van der Waals surface area contributed by atoms with Gasteiger partial charge in [0.25, 0.3) is 0 Å². The van der Waals surface area contributed by atoms with Crippen LogP contribution in [0.5, 0.6) is 0 Å². The Labute approximate surface area is 87.4 Å². The molecule has 1 aromatic heterocycles. The van der Waals surface area contributed by atoms with Crippen molar-refractivity contribution in [2.45, 2.75) is 12.8 Å². The molecule has 15 heavy (non-hydrogen) atoms. The lowest BCUT2D eigenvalue weighted by molar-refractivity contribution is -0.131. The maximum Gasteiger partial charge on any atom is 0.243 e. The average molecular weight is 208 g/mol. The molecule has 0 atom stereocenters. The zero-order valence-corrected chi connectivity index (χ0v) is 8.40. The number of ketones is 1. The van der Waals surface area contributed by atoms with Crippen LogP contribution in [0.25, 0.3) is 0 Å². The molecule has 0 spiro atoms. The molecule has 0 saturated carbocycles. The van der Waals surface area contributed by atoms with Crippen LogP contribution in [0.2, 0.25) is 0 Å². The summed E-state index contributed by atoms with van der Waals surface area (Å²) in [6, 6.07) is 3.35. The van der Waals surface area contributed by atoms with Gasteiger partial charge in [0.05, 0.1) is 7.11 Å². The maximum absolute atomic E-state index is 11.5. The first-order valence-corrected chi connectivity index (χ1v) is 4.49. The summed E-state index contributed by atoms with van der Waals surface area (Å²) in [6.45, 7) is 0. The van der Waals surface area contributed by atoms with Crippen molar-refractivity contribution in [3.63, 3.8) is 0 Å². The highest BCUT2D eigenvalue weighted by Gasteiger charge is 2.08. The lowest BCUT2D eigenvalue weighted by Gasteiger charge is -2.01. The van der Waals surface area contributed by atoms with Gasteiger partial charge in [0.2, 0.25) is 5.91 Å². The SMILES string of the molecule is CONC(=O)CCC(=O)c1cccnc1. The number of carbonyl (C=O) groups excluding carboxylic acids is 2. The molecule has 0 saturated heterocycles. The lowest BCUT2D eigenvalue weighted by atomic mass is 10.1. The minimum Gasteiger partial charge on any atom is -0.294 e. The van der Waals surface area contributed by atoms with E-state index in [9.17, 15) is 9.59 Å². The van der Waals surface area contributed by atoms with Crippen molar-refractivity contribution in [3.8, 4) is 0 Å². The van der Waals surface area contributed by atoms with Gasteiger partial charge in [-0.3, -0.25) is 19.4 Å². The van der Waals surface area contributed by atoms with E-state index in [1.807, 2.05) is 0 Å². The average Bonchev–Trinajstić information content (AvgIpc) is 2.27. The molecule has 5 nitrogen and oxygen atoms in total. The quantitative estimate of drug-likeness (QED) is 0.572. The molecule has 80 valence electrons. The largest absolute Gasteiger partial charge is 0.294 e. The molecule has 1 heterocycles. The molecular formula is C10H12N2O3. The third-order valence-electron chi connectivity index (χ3n) is 1.78. The summed E-state index contributed by atoms with van der Waals surface area (Å²) in [5.41, 5.74) is 2.66. The van der Waals surface area contributed by atoms with E-state index in [1.165, 1.54) is 13.3 Å². The van der Waals surface area contributed by atoms with Crippen molar-refractivity contribution >= 4 is 11.7 Å². The van der Waals surface area contributed by atoms with Crippen molar-refractivity contribution < 1.29 is 14.4 Å². The van der Waals surface area contributed by atoms with Crippen molar-refractivity contribution in [1.82, 2.24) is 10.5 Å². The Morgan fingerprint density at radius 3 is 2.87 bits per heavy atom. The third-order valence-corrected chi connectivity index (χ3v) is 1.78. The zero-order chi connectivity index (χ0) is 11.1. The molecule has 0 unspecified atom stereocenters. The first-order chi connectivity index (χ1) is 7.24. The van der Waals surface area contributed by atoms with Crippen LogP contribution in [-0.2, 0) is 9.63 Å². The first-order valence-electron chi connectivity index (χ1n) is 4.49. The van der Waals surface area contributed by atoms with E-state index in [1.54, 1.807) is 18.3 Å². The minimum absolute atomic E-state index is 0.102. The van der Waals surface area contributed by atoms with Crippen LogP contribution in [0, 0.1) is 0 Å². The van der Waals surface area contributed by atoms with Crippen molar-refractivity contribution in [1.29, 1.82) is 0 Å². The number of rotatable bonds is 5. The topological polar surface area (TPSA) is 68.3 Å². The van der Waals surface area contributed by atoms with Crippen LogP contribution in [0.15, 0.2) is 24.5 Å². The number of hydroxylamine groups is 1. The number of Topliss-reactive ketones (excluding diaryl/α,β-unsaturated/α-hetero) is 1. The Kier molecular flexibility index (Phi) is 4.43. The van der Waals surface area contributed by atoms with E-state index in [-0.39, 0.29) is 24.5 Å². The molecule has 0 aromatic carbocycles. The number of aromatic nitrogens is 1. The normalized spacial score (nSPS) is 9.67. The summed E-state index contributed by atoms with van der Waals surface area (Å²) in [7, 11) is 1.35. The molecule has 0 aliphatic heterocycles. The summed E-state index contributed by atoms with van der Waals surface area (Å²) >= 11 is 0. The highest BCUT2D eigenvalue weighted by molar-refractivity contribution is 5.97. The number of hydrogen-bond donors (Lipinski definition) is 1. The standard InChI is InChI=1S/C10H12N2O3/c1-15-12-10(14)5-4-9(13)8-3-2-6-11-7-8/h2-3,6-7H,4-5H2,1H3,(H,12,14). The Morgan fingerprint density at radius 2 is 2.27 bits per heavy atom. The van der Waals surface area contributed by atoms with Gasteiger partial charge in [-0.2, -0.15) is 0 Å². The molecule has 1 amide bonds. The van der Waals surface area contributed by atoms with Gasteiger partial charge in [-0.1, -0.05) is 0 Å². The highest BCUT2D eigenvalue weighted by atomic mass is 16.6. The summed E-state index contributed by atoms with van der Waals surface area (Å²) in [4.78, 5) is 30.7. The van der Waals surface area contributed by atoms with Gasteiger partial charge in [-0.05, 0) is 12.1 Å². The molecule has 1 aromatic rings. The maximum atomic E-state index is 11.5. The molecule has 0 aliphatic rings. The zero-order valence-electron chi connectivity index (χ0n) is 8.40. The van der Waals surface area contributed by atoms with E-state index < -0.39 is 0 Å². The summed E-state index contributed by atoms with van der Waals surface area (Å²) in [6.07, 6.45) is 3.34. The van der Waals surface area contributed by atoms with Gasteiger partial charge in [0.1, 0.15) is 0 Å². The van der Waals surface area contributed by atoms with Gasteiger partial charge >= 0.3 is 0 Å². The van der Waals surface area contributed by atoms with Crippen LogP contribution >= 0.6 is 0 Å². The summed E-state index contributed by atoms with van der Waals surface area (Å²) in [5, 5.41) is 0. The highest BCUT2D eigenvalue weighted by Crippen LogP contribution is 2.03. The van der Waals surface area contributed by atoms with E-state index >= 15 is 0 Å². The minimum atomic E-state index is -0.310. The van der Waals surface area contributed by atoms with Crippen LogP contribution in [0.1, 0.15) is 23.2 Å². The number of carbonyl (C=O) groups is 2. The van der Waals surface area contributed by atoms with Gasteiger partial charge in [0.15, 0.2) is 5.78 Å². The number of pyridine rings is 1. The number of amides is 1. The molecule has 5 heteroatoms. The van der Waals surface area contributed by atoms with E-state index in [0.717, 1.165) is 0 Å². The number of nitrogens with one attached hydrogen (secondary N) is 1. The Hall–Kier alpha value is -1.75. The summed E-state index contributed by atoms with van der Waals surface area (Å²) in [5.74, 6) is -0.413. The fraction of sp³-hybridized carbons (Fsp3) is 0.300. The fourth-order valence-electron chi connectivity index (χ4n) is 1.06. The van der Waals surface area contributed by atoms with Gasteiger partial charge < -0.3 is 0 Å². The van der Waals surface area contributed by atoms with Crippen molar-refractivity contribution in [3.05, 3.63) is 30.1 Å². The van der Waals surface area contributed by atoms with Crippen molar-refractivity contribution in [2.24, 2.45) is 0 Å². The van der Waals surface area contributed by atoms with Crippen LogP contribution < -0.4 is 5.48 Å². The number of hydrogen-bond acceptors (Lipinski definition) is 4. The smallest absolute Gasteiger partial charge is 0.243 e. The van der Waals surface area contributed by atoms with Crippen LogP contribution in [-0.4, -0.2) is 23.8 Å². The van der Waals surface area contributed by atoms with E-state index in [0.29, 0.717) is 5.56 Å². The molecule has 0 fully saturated rings. The van der Waals surface area contributed by atoms with Gasteiger partial charge in [0, 0.05) is 30.8 Å². The lowest BCUT2D eigenvalue weighted by Crippen LogP contribution is -2.22. The van der Waals surface area contributed by atoms with Crippen molar-refractivity contribution in [2.75, 3.05) is 7.11 Å².